The molecule has 0 saturated carbocycles. The Hall–Kier alpha value is -0.120. The van der Waals surface area contributed by atoms with Crippen LogP contribution in [-0.4, -0.2) is 48.2 Å². The van der Waals surface area contributed by atoms with Crippen molar-refractivity contribution < 1.29 is 14.3 Å². The molecule has 0 bridgehead atoms. The van der Waals surface area contributed by atoms with E-state index in [9.17, 15) is 0 Å². The Labute approximate surface area is 74.5 Å². The van der Waals surface area contributed by atoms with Crippen molar-refractivity contribution in [1.82, 2.24) is 0 Å². The van der Waals surface area contributed by atoms with Crippen molar-refractivity contribution in [2.45, 2.75) is 33.1 Å². The Bertz CT molecular complexity index is 137. The zero-order valence-corrected chi connectivity index (χ0v) is 8.29. The van der Waals surface area contributed by atoms with E-state index in [1.54, 1.807) is 0 Å². The molecule has 12 heavy (non-hydrogen) atoms. The van der Waals surface area contributed by atoms with Gasteiger partial charge in [0.05, 0.1) is 26.2 Å². The number of rotatable bonds is 5. The highest BCUT2D eigenvalue weighted by molar-refractivity contribution is 4.76. The Morgan fingerprint density at radius 2 is 1.67 bits per heavy atom. The molecule has 1 saturated heterocycles. The molecule has 0 aliphatic carbocycles. The molecule has 0 spiro atoms. The lowest BCUT2D eigenvalue weighted by Gasteiger charge is -2.34. The van der Waals surface area contributed by atoms with Crippen LogP contribution in [-0.2, 0) is 4.74 Å². The number of likely N-dealkylation sites (N-methyl/N-ethyl adjacent to an activating group) is 1. The van der Waals surface area contributed by atoms with Gasteiger partial charge in [0.1, 0.15) is 0 Å². The fourth-order valence-electron chi connectivity index (χ4n) is 1.96. The van der Waals surface area contributed by atoms with Crippen molar-refractivity contribution in [2.24, 2.45) is 0 Å². The first kappa shape index (κ1) is 9.96. The largest absolute Gasteiger partial charge is 0.393 e. The number of quaternary nitrogens is 1. The summed E-state index contributed by atoms with van der Waals surface area (Å²) in [5, 5.41) is 8.89. The maximum absolute atomic E-state index is 8.89. The summed E-state index contributed by atoms with van der Waals surface area (Å²) in [6.45, 7) is 10.00. The average Bonchev–Trinajstić information content (AvgIpc) is 2.89. The molecular formula is C9H20NO2+. The smallest absolute Gasteiger partial charge is 0.223 e. The lowest BCUT2D eigenvalue weighted by molar-refractivity contribution is -0.943. The topological polar surface area (TPSA) is 32.8 Å². The number of aliphatic hydroxyl groups excluding tert-OH is 1. The van der Waals surface area contributed by atoms with Crippen molar-refractivity contribution in [3.63, 3.8) is 0 Å². The van der Waals surface area contributed by atoms with Crippen LogP contribution in [0.15, 0.2) is 0 Å². The minimum atomic E-state index is 0.102. The summed E-state index contributed by atoms with van der Waals surface area (Å²) in [6.07, 6.45) is 0.361. The van der Waals surface area contributed by atoms with Gasteiger partial charge < -0.3 is 9.84 Å². The zero-order valence-electron chi connectivity index (χ0n) is 8.29. The Morgan fingerprint density at radius 1 is 1.17 bits per heavy atom. The molecule has 1 N–H and O–H groups in total. The van der Waals surface area contributed by atoms with Gasteiger partial charge in [-0.15, -0.1) is 0 Å². The fraction of sp³-hybridized carbons (Fsp3) is 1.00. The van der Waals surface area contributed by atoms with Crippen molar-refractivity contribution in [1.29, 1.82) is 0 Å². The predicted octanol–water partition coefficient (Wildman–Crippen LogP) is 0.580. The van der Waals surface area contributed by atoms with Gasteiger partial charge >= 0.3 is 0 Å². The molecule has 1 fully saturated rings. The van der Waals surface area contributed by atoms with Crippen molar-refractivity contribution in [2.75, 3.05) is 26.2 Å². The summed E-state index contributed by atoms with van der Waals surface area (Å²) in [7, 11) is 0. The van der Waals surface area contributed by atoms with Crippen LogP contribution in [0.2, 0.25) is 0 Å². The van der Waals surface area contributed by atoms with Gasteiger partial charge in [-0.25, -0.2) is 0 Å². The minimum absolute atomic E-state index is 0.102. The molecule has 72 valence electrons. The highest BCUT2D eigenvalue weighted by atomic mass is 16.6. The predicted molar refractivity (Wildman–Crippen MR) is 47.6 cm³/mol. The molecule has 3 heteroatoms. The van der Waals surface area contributed by atoms with Crippen LogP contribution in [0.4, 0.5) is 0 Å². The first-order chi connectivity index (χ1) is 5.74. The quantitative estimate of drug-likeness (QED) is 0.488. The number of ether oxygens (including phenoxy) is 1. The van der Waals surface area contributed by atoms with Crippen LogP contribution in [0.3, 0.4) is 0 Å². The third-order valence-corrected chi connectivity index (χ3v) is 3.16. The molecule has 1 aliphatic heterocycles. The van der Waals surface area contributed by atoms with E-state index in [1.165, 1.54) is 0 Å². The summed E-state index contributed by atoms with van der Waals surface area (Å²) in [4.78, 5) is 0. The van der Waals surface area contributed by atoms with Gasteiger partial charge in [0.25, 0.3) is 0 Å². The van der Waals surface area contributed by atoms with Crippen molar-refractivity contribution >= 4 is 0 Å². The van der Waals surface area contributed by atoms with E-state index in [2.05, 4.69) is 20.8 Å². The molecule has 0 aromatic carbocycles. The third kappa shape index (κ3) is 1.49. The maximum Gasteiger partial charge on any atom is 0.223 e. The van der Waals surface area contributed by atoms with Gasteiger partial charge in [-0.1, -0.05) is 0 Å². The number of hydrogen-bond acceptors (Lipinski definition) is 2. The van der Waals surface area contributed by atoms with Gasteiger partial charge in [-0.3, -0.25) is 4.48 Å². The van der Waals surface area contributed by atoms with E-state index in [-0.39, 0.29) is 18.9 Å². The monoisotopic (exact) mass is 174 g/mol. The lowest BCUT2D eigenvalue weighted by atomic mass is 10.3. The second-order valence-electron chi connectivity index (χ2n) is 3.41. The van der Waals surface area contributed by atoms with Gasteiger partial charge in [0.2, 0.25) is 6.23 Å². The summed E-state index contributed by atoms with van der Waals surface area (Å²) >= 11 is 0. The second kappa shape index (κ2) is 3.73. The van der Waals surface area contributed by atoms with E-state index < -0.39 is 0 Å². The van der Waals surface area contributed by atoms with Crippen molar-refractivity contribution in [3.05, 3.63) is 0 Å². The van der Waals surface area contributed by atoms with E-state index >= 15 is 0 Å². The average molecular weight is 174 g/mol. The first-order valence-corrected chi connectivity index (χ1v) is 4.86. The Kier molecular flexibility index (Phi) is 3.09. The summed E-state index contributed by atoms with van der Waals surface area (Å²) in [6, 6.07) is 0. The molecule has 2 unspecified atom stereocenters. The van der Waals surface area contributed by atoms with Crippen LogP contribution in [0.1, 0.15) is 20.8 Å². The molecule has 0 aromatic rings. The molecular weight excluding hydrogens is 154 g/mol. The van der Waals surface area contributed by atoms with Gasteiger partial charge in [-0.05, 0) is 20.8 Å². The lowest BCUT2D eigenvalue weighted by Crippen LogP contribution is -2.51. The number of aliphatic hydroxyl groups is 1. The van der Waals surface area contributed by atoms with Gasteiger partial charge in [0, 0.05) is 0 Å². The summed E-state index contributed by atoms with van der Waals surface area (Å²) in [5.41, 5.74) is 0. The van der Waals surface area contributed by atoms with E-state index in [0.717, 1.165) is 24.1 Å². The molecule has 2 atom stereocenters. The van der Waals surface area contributed by atoms with E-state index in [4.69, 9.17) is 9.84 Å². The number of nitrogens with zero attached hydrogens (tertiary/aromatic N) is 1. The molecule has 0 amide bonds. The Balaban J connectivity index is 2.55. The second-order valence-corrected chi connectivity index (χ2v) is 3.41. The third-order valence-electron chi connectivity index (χ3n) is 3.16. The van der Waals surface area contributed by atoms with Crippen LogP contribution < -0.4 is 0 Å². The highest BCUT2D eigenvalue weighted by Gasteiger charge is 2.52. The maximum atomic E-state index is 8.89. The number of epoxide rings is 1. The molecule has 0 aromatic heterocycles. The minimum Gasteiger partial charge on any atom is -0.393 e. The van der Waals surface area contributed by atoms with Crippen LogP contribution in [0.25, 0.3) is 0 Å². The summed E-state index contributed by atoms with van der Waals surface area (Å²) in [5.74, 6) is 0. The first-order valence-electron chi connectivity index (χ1n) is 4.86. The highest BCUT2D eigenvalue weighted by Crippen LogP contribution is 2.31. The van der Waals surface area contributed by atoms with Crippen LogP contribution >= 0.6 is 0 Å². The molecule has 1 heterocycles. The van der Waals surface area contributed by atoms with E-state index in [0.29, 0.717) is 0 Å². The molecule has 1 aliphatic rings. The molecule has 3 nitrogen and oxygen atoms in total. The SMILES string of the molecule is CC[N+](CC)(CC)C1OC1CO. The van der Waals surface area contributed by atoms with Gasteiger partial charge in [-0.2, -0.15) is 0 Å². The zero-order chi connectivity index (χ0) is 9.19. The standard InChI is InChI=1S/C9H20NO2/c1-4-10(5-2,6-3)9-8(7-11)12-9/h8-9,11H,4-7H2,1-3H3/q+1. The summed E-state index contributed by atoms with van der Waals surface area (Å²) < 4.78 is 6.42. The van der Waals surface area contributed by atoms with Crippen LogP contribution in [0, 0.1) is 0 Å². The normalized spacial score (nSPS) is 29.0. The van der Waals surface area contributed by atoms with Crippen molar-refractivity contribution in [3.8, 4) is 0 Å². The molecule has 1 rings (SSSR count). The van der Waals surface area contributed by atoms with E-state index in [1.807, 2.05) is 0 Å². The molecule has 0 radical (unpaired) electrons. The van der Waals surface area contributed by atoms with Gasteiger partial charge in [0.15, 0.2) is 6.10 Å². The number of hydrogen-bond donors (Lipinski definition) is 1. The Morgan fingerprint density at radius 3 is 1.92 bits per heavy atom. The fourth-order valence-corrected chi connectivity index (χ4v) is 1.96. The van der Waals surface area contributed by atoms with Crippen LogP contribution in [0.5, 0.6) is 0 Å².